The van der Waals surface area contributed by atoms with Crippen LogP contribution in [0.1, 0.15) is 33.9 Å². The maximum Gasteiger partial charge on any atom is 0.251 e. The van der Waals surface area contributed by atoms with Crippen molar-refractivity contribution < 1.29 is 9.53 Å². The molecule has 0 radical (unpaired) electrons. The molecular formula is C26H31ClN2O2. The lowest BCUT2D eigenvalue weighted by molar-refractivity contribution is 0.0932. The van der Waals surface area contributed by atoms with Crippen LogP contribution in [0.15, 0.2) is 72.8 Å². The van der Waals surface area contributed by atoms with Gasteiger partial charge in [-0.2, -0.15) is 0 Å². The second-order valence-electron chi connectivity index (χ2n) is 7.83. The average molecular weight is 439 g/mol. The number of ether oxygens (including phenoxy) is 1. The first-order valence-electron chi connectivity index (χ1n) is 10.2. The molecule has 3 aromatic carbocycles. The molecule has 0 aromatic heterocycles. The number of rotatable bonds is 8. The van der Waals surface area contributed by atoms with Crippen molar-refractivity contribution in [1.82, 2.24) is 10.2 Å². The van der Waals surface area contributed by atoms with E-state index in [2.05, 4.69) is 41.4 Å². The van der Waals surface area contributed by atoms with Crippen molar-refractivity contribution in [3.63, 3.8) is 0 Å². The Morgan fingerprint density at radius 2 is 1.45 bits per heavy atom. The lowest BCUT2D eigenvalue weighted by Gasteiger charge is -2.21. The van der Waals surface area contributed by atoms with E-state index < -0.39 is 0 Å². The molecule has 1 unspecified atom stereocenters. The number of nitrogens with zero attached hydrogens (tertiary/aromatic N) is 1. The van der Waals surface area contributed by atoms with Crippen LogP contribution in [0.2, 0.25) is 0 Å². The van der Waals surface area contributed by atoms with Crippen molar-refractivity contribution in [2.75, 3.05) is 27.7 Å². The van der Waals surface area contributed by atoms with Crippen molar-refractivity contribution in [2.24, 2.45) is 0 Å². The zero-order chi connectivity index (χ0) is 21.5. The minimum Gasteiger partial charge on any atom is -0.497 e. The third-order valence-corrected chi connectivity index (χ3v) is 5.22. The van der Waals surface area contributed by atoms with E-state index in [1.165, 1.54) is 5.56 Å². The van der Waals surface area contributed by atoms with Gasteiger partial charge in [0.15, 0.2) is 0 Å². The zero-order valence-corrected chi connectivity index (χ0v) is 19.4. The Balaban J connectivity index is 0.00000341. The van der Waals surface area contributed by atoms with Gasteiger partial charge in [-0.1, -0.05) is 54.1 Å². The van der Waals surface area contributed by atoms with E-state index >= 15 is 0 Å². The van der Waals surface area contributed by atoms with Gasteiger partial charge in [0.25, 0.3) is 5.91 Å². The molecule has 3 rings (SSSR count). The van der Waals surface area contributed by atoms with Gasteiger partial charge in [-0.15, -0.1) is 12.4 Å². The van der Waals surface area contributed by atoms with E-state index in [4.69, 9.17) is 4.74 Å². The van der Waals surface area contributed by atoms with Crippen molar-refractivity contribution in [1.29, 1.82) is 0 Å². The molecule has 0 heterocycles. The van der Waals surface area contributed by atoms with Gasteiger partial charge in [-0.05, 0) is 74.9 Å². The summed E-state index contributed by atoms with van der Waals surface area (Å²) < 4.78 is 5.21. The van der Waals surface area contributed by atoms with Crippen LogP contribution in [-0.4, -0.2) is 38.6 Å². The highest BCUT2D eigenvalue weighted by Crippen LogP contribution is 2.23. The van der Waals surface area contributed by atoms with E-state index in [1.54, 1.807) is 7.11 Å². The molecule has 0 saturated heterocycles. The van der Waals surface area contributed by atoms with E-state index in [1.807, 2.05) is 62.6 Å². The Morgan fingerprint density at radius 1 is 0.903 bits per heavy atom. The Morgan fingerprint density at radius 3 is 1.97 bits per heavy atom. The Bertz CT molecular complexity index is 952. The number of carbonyl (C=O) groups is 1. The molecule has 3 aromatic rings. The second kappa shape index (κ2) is 11.5. The summed E-state index contributed by atoms with van der Waals surface area (Å²) in [6, 6.07) is 24.0. The Labute approximate surface area is 191 Å². The molecule has 1 atom stereocenters. The van der Waals surface area contributed by atoms with Gasteiger partial charge in [0.05, 0.1) is 13.2 Å². The van der Waals surface area contributed by atoms with Gasteiger partial charge in [-0.25, -0.2) is 0 Å². The topological polar surface area (TPSA) is 41.6 Å². The largest absolute Gasteiger partial charge is 0.497 e. The molecular weight excluding hydrogens is 408 g/mol. The SMILES string of the molecule is COc1ccc(-c2ccc(C(=O)NC(CCN(C)C)c3ccc(C)cc3)cc2)cc1.Cl. The number of benzene rings is 3. The molecule has 0 bridgehead atoms. The number of methoxy groups -OCH3 is 1. The summed E-state index contributed by atoms with van der Waals surface area (Å²) in [6.45, 7) is 2.97. The molecule has 0 spiro atoms. The van der Waals surface area contributed by atoms with Crippen molar-refractivity contribution >= 4 is 18.3 Å². The molecule has 0 saturated carbocycles. The third kappa shape index (κ3) is 6.84. The maximum absolute atomic E-state index is 12.9. The van der Waals surface area contributed by atoms with Gasteiger partial charge in [0.2, 0.25) is 0 Å². The van der Waals surface area contributed by atoms with E-state index in [0.29, 0.717) is 5.56 Å². The summed E-state index contributed by atoms with van der Waals surface area (Å²) in [6.07, 6.45) is 0.853. The molecule has 0 aliphatic carbocycles. The number of nitrogens with one attached hydrogen (secondary N) is 1. The summed E-state index contributed by atoms with van der Waals surface area (Å²) in [5.74, 6) is 0.773. The summed E-state index contributed by atoms with van der Waals surface area (Å²) in [5, 5.41) is 3.22. The van der Waals surface area contributed by atoms with Gasteiger partial charge >= 0.3 is 0 Å². The third-order valence-electron chi connectivity index (χ3n) is 5.22. The normalized spacial score (nSPS) is 11.5. The molecule has 1 amide bonds. The quantitative estimate of drug-likeness (QED) is 0.503. The molecule has 0 fully saturated rings. The van der Waals surface area contributed by atoms with Crippen molar-refractivity contribution in [3.8, 4) is 16.9 Å². The number of amides is 1. The second-order valence-corrected chi connectivity index (χ2v) is 7.83. The van der Waals surface area contributed by atoms with Crippen LogP contribution in [0, 0.1) is 6.92 Å². The van der Waals surface area contributed by atoms with E-state index in [-0.39, 0.29) is 24.4 Å². The number of halogens is 1. The number of hydrogen-bond acceptors (Lipinski definition) is 3. The summed E-state index contributed by atoms with van der Waals surface area (Å²) >= 11 is 0. The Hall–Kier alpha value is -2.82. The minimum atomic E-state index is -0.0550. The molecule has 4 nitrogen and oxygen atoms in total. The summed E-state index contributed by atoms with van der Waals surface area (Å²) in [4.78, 5) is 15.1. The maximum atomic E-state index is 12.9. The fourth-order valence-corrected chi connectivity index (χ4v) is 3.35. The molecule has 5 heteroatoms. The highest BCUT2D eigenvalue weighted by Gasteiger charge is 2.16. The standard InChI is InChI=1S/C26H30N2O2.ClH/c1-19-5-7-22(8-6-19)25(17-18-28(2)3)27-26(29)23-11-9-20(10-12-23)21-13-15-24(30-4)16-14-21;/h5-16,25H,17-18H2,1-4H3,(H,27,29);1H. The average Bonchev–Trinajstić information content (AvgIpc) is 2.77. The predicted molar refractivity (Wildman–Crippen MR) is 130 cm³/mol. The molecule has 0 aliphatic heterocycles. The van der Waals surface area contributed by atoms with Crippen LogP contribution >= 0.6 is 12.4 Å². The smallest absolute Gasteiger partial charge is 0.251 e. The first-order chi connectivity index (χ1) is 14.5. The fourth-order valence-electron chi connectivity index (χ4n) is 3.35. The van der Waals surface area contributed by atoms with Crippen LogP contribution < -0.4 is 10.1 Å². The van der Waals surface area contributed by atoms with Crippen LogP contribution in [-0.2, 0) is 0 Å². The van der Waals surface area contributed by atoms with Crippen LogP contribution in [0.3, 0.4) is 0 Å². The van der Waals surface area contributed by atoms with Crippen LogP contribution in [0.5, 0.6) is 5.75 Å². The van der Waals surface area contributed by atoms with Gasteiger partial charge in [0.1, 0.15) is 5.75 Å². The van der Waals surface area contributed by atoms with Gasteiger partial charge in [0, 0.05) is 5.56 Å². The fraction of sp³-hybridized carbons (Fsp3) is 0.269. The monoisotopic (exact) mass is 438 g/mol. The lowest BCUT2D eigenvalue weighted by atomic mass is 10.0. The van der Waals surface area contributed by atoms with E-state index in [0.717, 1.165) is 35.4 Å². The molecule has 1 N–H and O–H groups in total. The highest BCUT2D eigenvalue weighted by molar-refractivity contribution is 5.95. The summed E-state index contributed by atoms with van der Waals surface area (Å²) in [7, 11) is 5.75. The molecule has 31 heavy (non-hydrogen) atoms. The zero-order valence-electron chi connectivity index (χ0n) is 18.6. The van der Waals surface area contributed by atoms with E-state index in [9.17, 15) is 4.79 Å². The Kier molecular flexibility index (Phi) is 9.10. The lowest BCUT2D eigenvalue weighted by Crippen LogP contribution is -2.31. The number of carbonyl (C=O) groups excluding carboxylic acids is 1. The van der Waals surface area contributed by atoms with Crippen molar-refractivity contribution in [2.45, 2.75) is 19.4 Å². The molecule has 0 aliphatic rings. The number of aryl methyl sites for hydroxylation is 1. The van der Waals surface area contributed by atoms with Gasteiger partial charge in [-0.3, -0.25) is 4.79 Å². The number of hydrogen-bond donors (Lipinski definition) is 1. The predicted octanol–water partition coefficient (Wildman–Crippen LogP) is 5.52. The van der Waals surface area contributed by atoms with Crippen LogP contribution in [0.25, 0.3) is 11.1 Å². The first-order valence-corrected chi connectivity index (χ1v) is 10.2. The highest BCUT2D eigenvalue weighted by atomic mass is 35.5. The molecule has 164 valence electrons. The van der Waals surface area contributed by atoms with Gasteiger partial charge < -0.3 is 15.0 Å². The summed E-state index contributed by atoms with van der Waals surface area (Å²) in [5.41, 5.74) is 5.16. The van der Waals surface area contributed by atoms with Crippen LogP contribution in [0.4, 0.5) is 0 Å². The minimum absolute atomic E-state index is 0. The first kappa shape index (κ1) is 24.4. The van der Waals surface area contributed by atoms with Crippen molar-refractivity contribution in [3.05, 3.63) is 89.5 Å².